The van der Waals surface area contributed by atoms with Crippen molar-refractivity contribution in [1.29, 1.82) is 0 Å². The standard InChI is InChI=1S/C18H11F3N6O2/c19-10-2-1-3-12(6-10)23-15(28)8-26-9-22-17-16(18(26)29)24-25-27(17)14-5-4-11(20)7-13(14)21/h1-7,9H,8H2,(H,23,28). The zero-order chi connectivity index (χ0) is 20.5. The number of nitrogens with zero attached hydrogens (tertiary/aromatic N) is 5. The maximum Gasteiger partial charge on any atom is 0.284 e. The van der Waals surface area contributed by atoms with Crippen LogP contribution in [0.5, 0.6) is 0 Å². The molecule has 146 valence electrons. The third-order valence-electron chi connectivity index (χ3n) is 3.99. The van der Waals surface area contributed by atoms with Crippen LogP contribution in [0.25, 0.3) is 16.9 Å². The predicted octanol–water partition coefficient (Wildman–Crippen LogP) is 2.03. The number of carbonyl (C=O) groups excluding carboxylic acids is 1. The summed E-state index contributed by atoms with van der Waals surface area (Å²) < 4.78 is 42.3. The number of rotatable bonds is 4. The Kier molecular flexibility index (Phi) is 4.55. The number of hydrogen-bond acceptors (Lipinski definition) is 5. The largest absolute Gasteiger partial charge is 0.324 e. The number of benzene rings is 2. The summed E-state index contributed by atoms with van der Waals surface area (Å²) in [6.45, 7) is -0.407. The zero-order valence-electron chi connectivity index (χ0n) is 14.5. The van der Waals surface area contributed by atoms with Crippen molar-refractivity contribution in [2.45, 2.75) is 6.54 Å². The van der Waals surface area contributed by atoms with E-state index in [-0.39, 0.29) is 22.5 Å². The molecule has 0 aliphatic rings. The molecule has 1 N–H and O–H groups in total. The third-order valence-corrected chi connectivity index (χ3v) is 3.99. The summed E-state index contributed by atoms with van der Waals surface area (Å²) in [6, 6.07) is 8.12. The van der Waals surface area contributed by atoms with Crippen molar-refractivity contribution in [1.82, 2.24) is 24.5 Å². The van der Waals surface area contributed by atoms with Crippen molar-refractivity contribution in [3.05, 3.63) is 76.6 Å². The normalized spacial score (nSPS) is 11.0. The summed E-state index contributed by atoms with van der Waals surface area (Å²) in [5, 5.41) is 9.86. The first-order valence-electron chi connectivity index (χ1n) is 8.24. The van der Waals surface area contributed by atoms with Gasteiger partial charge in [0.2, 0.25) is 5.91 Å². The van der Waals surface area contributed by atoms with Crippen LogP contribution in [0.15, 0.2) is 53.6 Å². The number of aromatic nitrogens is 5. The maximum absolute atomic E-state index is 14.0. The minimum absolute atomic E-state index is 0.0534. The van der Waals surface area contributed by atoms with Gasteiger partial charge in [0.15, 0.2) is 17.0 Å². The summed E-state index contributed by atoms with van der Waals surface area (Å²) in [7, 11) is 0. The molecule has 2 aromatic carbocycles. The molecule has 0 saturated heterocycles. The highest BCUT2D eigenvalue weighted by Crippen LogP contribution is 2.16. The molecule has 0 aliphatic heterocycles. The van der Waals surface area contributed by atoms with Crippen LogP contribution in [0.4, 0.5) is 18.9 Å². The Bertz CT molecular complexity index is 1300. The molecule has 0 aliphatic carbocycles. The molecular formula is C18H11F3N6O2. The Morgan fingerprint density at radius 3 is 2.62 bits per heavy atom. The molecule has 0 bridgehead atoms. The summed E-state index contributed by atoms with van der Waals surface area (Å²) in [6.07, 6.45) is 1.08. The van der Waals surface area contributed by atoms with Gasteiger partial charge >= 0.3 is 0 Å². The fourth-order valence-corrected chi connectivity index (χ4v) is 2.69. The molecule has 8 nitrogen and oxygen atoms in total. The average molecular weight is 400 g/mol. The molecule has 0 fully saturated rings. The summed E-state index contributed by atoms with van der Waals surface area (Å²) in [5.41, 5.74) is -0.840. The van der Waals surface area contributed by atoms with Gasteiger partial charge in [0.25, 0.3) is 5.56 Å². The fraction of sp³-hybridized carbons (Fsp3) is 0.0556. The maximum atomic E-state index is 14.0. The van der Waals surface area contributed by atoms with Crippen molar-refractivity contribution in [3.63, 3.8) is 0 Å². The van der Waals surface area contributed by atoms with Crippen LogP contribution in [-0.4, -0.2) is 30.5 Å². The lowest BCUT2D eigenvalue weighted by Gasteiger charge is -2.07. The Morgan fingerprint density at radius 2 is 1.86 bits per heavy atom. The first-order valence-corrected chi connectivity index (χ1v) is 8.24. The van der Waals surface area contributed by atoms with E-state index in [1.54, 1.807) is 0 Å². The molecule has 4 aromatic rings. The van der Waals surface area contributed by atoms with E-state index < -0.39 is 35.5 Å². The second-order valence-corrected chi connectivity index (χ2v) is 6.01. The SMILES string of the molecule is O=C(Cn1cnc2c(nnn2-c2ccc(F)cc2F)c1=O)Nc1cccc(F)c1. The smallest absolute Gasteiger partial charge is 0.284 e. The molecule has 29 heavy (non-hydrogen) atoms. The Balaban J connectivity index is 1.63. The van der Waals surface area contributed by atoms with Crippen molar-refractivity contribution >= 4 is 22.8 Å². The van der Waals surface area contributed by atoms with E-state index in [0.29, 0.717) is 6.07 Å². The quantitative estimate of drug-likeness (QED) is 0.566. The lowest BCUT2D eigenvalue weighted by atomic mass is 10.3. The van der Waals surface area contributed by atoms with Crippen molar-refractivity contribution < 1.29 is 18.0 Å². The van der Waals surface area contributed by atoms with Crippen LogP contribution in [0.3, 0.4) is 0 Å². The van der Waals surface area contributed by atoms with E-state index in [9.17, 15) is 22.8 Å². The van der Waals surface area contributed by atoms with Gasteiger partial charge in [-0.2, -0.15) is 4.68 Å². The van der Waals surface area contributed by atoms with Crippen LogP contribution >= 0.6 is 0 Å². The Hall–Kier alpha value is -4.02. The van der Waals surface area contributed by atoms with Gasteiger partial charge in [0, 0.05) is 11.8 Å². The molecule has 0 atom stereocenters. The zero-order valence-corrected chi connectivity index (χ0v) is 14.5. The molecule has 0 unspecified atom stereocenters. The van der Waals surface area contributed by atoms with Crippen LogP contribution in [0, 0.1) is 17.5 Å². The molecule has 2 heterocycles. The first-order chi connectivity index (χ1) is 13.9. The lowest BCUT2D eigenvalue weighted by molar-refractivity contribution is -0.116. The van der Waals surface area contributed by atoms with E-state index in [1.165, 1.54) is 18.2 Å². The summed E-state index contributed by atoms with van der Waals surface area (Å²) in [5.74, 6) is -2.78. The monoisotopic (exact) mass is 400 g/mol. The number of halogens is 3. The first kappa shape index (κ1) is 18.3. The Labute approximate surface area is 160 Å². The van der Waals surface area contributed by atoms with Gasteiger partial charge in [0.1, 0.15) is 30.2 Å². The number of hydrogen-bond donors (Lipinski definition) is 1. The average Bonchev–Trinajstić information content (AvgIpc) is 3.08. The van der Waals surface area contributed by atoms with Crippen molar-refractivity contribution in [2.24, 2.45) is 0 Å². The third kappa shape index (κ3) is 3.57. The highest BCUT2D eigenvalue weighted by atomic mass is 19.1. The molecule has 4 rings (SSSR count). The molecule has 1 amide bonds. The summed E-state index contributed by atoms with van der Waals surface area (Å²) in [4.78, 5) is 28.7. The Morgan fingerprint density at radius 1 is 1.07 bits per heavy atom. The van der Waals surface area contributed by atoms with Gasteiger partial charge in [-0.1, -0.05) is 11.3 Å². The number of carbonyl (C=O) groups is 1. The van der Waals surface area contributed by atoms with Gasteiger partial charge in [-0.05, 0) is 30.3 Å². The van der Waals surface area contributed by atoms with Gasteiger partial charge in [-0.3, -0.25) is 14.2 Å². The molecule has 0 spiro atoms. The fourth-order valence-electron chi connectivity index (χ4n) is 2.69. The van der Waals surface area contributed by atoms with E-state index in [1.807, 2.05) is 0 Å². The van der Waals surface area contributed by atoms with Crippen LogP contribution in [0.1, 0.15) is 0 Å². The number of fused-ring (bicyclic) bond motifs is 1. The van der Waals surface area contributed by atoms with Crippen molar-refractivity contribution in [3.8, 4) is 5.69 Å². The number of nitrogens with one attached hydrogen (secondary N) is 1. The lowest BCUT2D eigenvalue weighted by Crippen LogP contribution is -2.28. The highest BCUT2D eigenvalue weighted by Gasteiger charge is 2.17. The van der Waals surface area contributed by atoms with E-state index in [2.05, 4.69) is 20.6 Å². The molecule has 0 radical (unpaired) electrons. The second kappa shape index (κ2) is 7.19. The van der Waals surface area contributed by atoms with Crippen LogP contribution < -0.4 is 10.9 Å². The van der Waals surface area contributed by atoms with Gasteiger partial charge in [-0.25, -0.2) is 18.2 Å². The molecule has 2 aromatic heterocycles. The topological polar surface area (TPSA) is 94.7 Å². The minimum atomic E-state index is -0.905. The second-order valence-electron chi connectivity index (χ2n) is 6.01. The molecule has 0 saturated carbocycles. The van der Waals surface area contributed by atoms with E-state index in [0.717, 1.165) is 33.8 Å². The van der Waals surface area contributed by atoms with Gasteiger partial charge in [-0.15, -0.1) is 5.10 Å². The van der Waals surface area contributed by atoms with Gasteiger partial charge < -0.3 is 5.32 Å². The molecule has 11 heteroatoms. The van der Waals surface area contributed by atoms with E-state index in [4.69, 9.17) is 0 Å². The predicted molar refractivity (Wildman–Crippen MR) is 95.9 cm³/mol. The molecular weight excluding hydrogens is 389 g/mol. The van der Waals surface area contributed by atoms with E-state index >= 15 is 0 Å². The number of anilines is 1. The van der Waals surface area contributed by atoms with Gasteiger partial charge in [0.05, 0.1) is 0 Å². The van der Waals surface area contributed by atoms with Crippen LogP contribution in [0.2, 0.25) is 0 Å². The van der Waals surface area contributed by atoms with Crippen molar-refractivity contribution in [2.75, 3.05) is 5.32 Å². The summed E-state index contributed by atoms with van der Waals surface area (Å²) >= 11 is 0. The van der Waals surface area contributed by atoms with Crippen LogP contribution in [-0.2, 0) is 11.3 Å². The highest BCUT2D eigenvalue weighted by molar-refractivity contribution is 5.90. The number of amides is 1. The minimum Gasteiger partial charge on any atom is -0.324 e.